The summed E-state index contributed by atoms with van der Waals surface area (Å²) in [5.41, 5.74) is 0. The van der Waals surface area contributed by atoms with Crippen molar-refractivity contribution < 1.29 is 80.2 Å². The molecule has 0 aromatic rings. The lowest BCUT2D eigenvalue weighted by atomic mass is 10.0. The molecule has 0 rings (SSSR count). The van der Waals surface area contributed by atoms with E-state index in [0.29, 0.717) is 25.7 Å². The molecule has 17 nitrogen and oxygen atoms in total. The first-order chi connectivity index (χ1) is 42.4. The second kappa shape index (κ2) is 61.3. The predicted molar refractivity (Wildman–Crippen MR) is 354 cm³/mol. The summed E-state index contributed by atoms with van der Waals surface area (Å²) in [4.78, 5) is 72.4. The minimum absolute atomic E-state index is 0.105. The van der Waals surface area contributed by atoms with E-state index >= 15 is 0 Å². The molecule has 0 saturated carbocycles. The molecule has 0 radical (unpaired) electrons. The maximum absolute atomic E-state index is 13.0. The summed E-state index contributed by atoms with van der Waals surface area (Å²) < 4.78 is 68.2. The average molecular weight is 1300 g/mol. The Morgan fingerprint density at radius 3 is 0.773 bits per heavy atom. The summed E-state index contributed by atoms with van der Waals surface area (Å²) in [5.74, 6) is -0.646. The van der Waals surface area contributed by atoms with Crippen molar-refractivity contribution in [3.63, 3.8) is 0 Å². The summed E-state index contributed by atoms with van der Waals surface area (Å²) >= 11 is 0. The molecule has 0 amide bonds. The summed E-state index contributed by atoms with van der Waals surface area (Å²) in [6, 6.07) is 0. The van der Waals surface area contributed by atoms with Crippen molar-refractivity contribution in [2.75, 3.05) is 39.6 Å². The van der Waals surface area contributed by atoms with E-state index in [1.54, 1.807) is 0 Å². The average Bonchev–Trinajstić information content (AvgIpc) is 3.62. The zero-order valence-corrected chi connectivity index (χ0v) is 58.8. The van der Waals surface area contributed by atoms with Crippen molar-refractivity contribution in [1.82, 2.24) is 0 Å². The van der Waals surface area contributed by atoms with Crippen molar-refractivity contribution in [2.45, 2.75) is 368 Å². The molecule has 3 N–H and O–H groups in total. The van der Waals surface area contributed by atoms with Gasteiger partial charge in [0.15, 0.2) is 12.2 Å². The van der Waals surface area contributed by atoms with Crippen LogP contribution in [0.4, 0.5) is 0 Å². The van der Waals surface area contributed by atoms with Gasteiger partial charge in [-0.25, -0.2) is 9.13 Å². The van der Waals surface area contributed by atoms with Crippen LogP contribution >= 0.6 is 15.6 Å². The van der Waals surface area contributed by atoms with E-state index in [1.165, 1.54) is 167 Å². The van der Waals surface area contributed by atoms with Gasteiger partial charge in [0.1, 0.15) is 19.3 Å². The standard InChI is InChI=1S/C69H134O17P2/c1-7-9-11-13-15-17-18-19-20-21-22-28-35-41-47-53-68(73)85-65(58-80-67(72)52-46-40-34-29-23-26-31-37-43-49-61(3)4)60-84-88(77,78)82-56-63(70)55-81-87(75,76)83-59-64(57-79-66(71)51-45-39-33-25-16-14-12-10-8-2)86-69(74)54-48-42-36-30-24-27-32-38-44-50-62(5)6/h61-65,70H,7-60H2,1-6H3,(H,75,76)(H,77,78)/t63-,64+,65+/m0/s1. The molecular weight excluding hydrogens is 1160 g/mol. The van der Waals surface area contributed by atoms with Crippen molar-refractivity contribution in [2.24, 2.45) is 11.8 Å². The van der Waals surface area contributed by atoms with Crippen molar-refractivity contribution in [1.29, 1.82) is 0 Å². The van der Waals surface area contributed by atoms with E-state index in [4.69, 9.17) is 37.0 Å². The van der Waals surface area contributed by atoms with Gasteiger partial charge < -0.3 is 33.8 Å². The molecule has 522 valence electrons. The van der Waals surface area contributed by atoms with Crippen LogP contribution in [0, 0.1) is 11.8 Å². The molecule has 0 saturated heterocycles. The topological polar surface area (TPSA) is 237 Å². The molecule has 0 heterocycles. The number of ether oxygens (including phenoxy) is 4. The van der Waals surface area contributed by atoms with Gasteiger partial charge in [-0.3, -0.25) is 37.3 Å². The van der Waals surface area contributed by atoms with E-state index in [-0.39, 0.29) is 25.7 Å². The first kappa shape index (κ1) is 86.1. The molecule has 0 aromatic heterocycles. The fraction of sp³-hybridized carbons (Fsp3) is 0.942. The molecule has 0 aliphatic heterocycles. The van der Waals surface area contributed by atoms with Gasteiger partial charge >= 0.3 is 39.5 Å². The van der Waals surface area contributed by atoms with E-state index < -0.39 is 97.5 Å². The number of carbonyl (C=O) groups excluding carboxylic acids is 4. The monoisotopic (exact) mass is 1300 g/mol. The Kier molecular flexibility index (Phi) is 59.9. The Morgan fingerprint density at radius 2 is 0.523 bits per heavy atom. The van der Waals surface area contributed by atoms with Gasteiger partial charge in [0.05, 0.1) is 26.4 Å². The first-order valence-electron chi connectivity index (χ1n) is 36.0. The molecule has 0 aliphatic carbocycles. The third-order valence-electron chi connectivity index (χ3n) is 16.0. The number of phosphoric acid groups is 2. The lowest BCUT2D eigenvalue weighted by molar-refractivity contribution is -0.161. The molecule has 0 aromatic carbocycles. The Labute approximate surface area is 537 Å². The maximum atomic E-state index is 13.0. The van der Waals surface area contributed by atoms with Crippen LogP contribution in [0.25, 0.3) is 0 Å². The number of hydrogen-bond acceptors (Lipinski definition) is 15. The van der Waals surface area contributed by atoms with Crippen LogP contribution < -0.4 is 0 Å². The van der Waals surface area contributed by atoms with Crippen LogP contribution in [-0.2, 0) is 65.4 Å². The molecule has 19 heteroatoms. The highest BCUT2D eigenvalue weighted by Crippen LogP contribution is 2.45. The minimum atomic E-state index is -4.95. The fourth-order valence-electron chi connectivity index (χ4n) is 10.4. The van der Waals surface area contributed by atoms with Gasteiger partial charge in [-0.05, 0) is 37.5 Å². The van der Waals surface area contributed by atoms with Crippen LogP contribution in [0.3, 0.4) is 0 Å². The Morgan fingerprint density at radius 1 is 0.307 bits per heavy atom. The number of aliphatic hydroxyl groups is 1. The van der Waals surface area contributed by atoms with Gasteiger partial charge in [0.25, 0.3) is 0 Å². The van der Waals surface area contributed by atoms with Crippen LogP contribution in [0.2, 0.25) is 0 Å². The number of rotatable bonds is 68. The Hall–Kier alpha value is -1.94. The molecular formula is C69H134O17P2. The number of hydrogen-bond donors (Lipinski definition) is 3. The summed E-state index contributed by atoms with van der Waals surface area (Å²) in [6.07, 6.45) is 45.8. The minimum Gasteiger partial charge on any atom is -0.462 e. The zero-order valence-electron chi connectivity index (χ0n) is 57.0. The Balaban J connectivity index is 5.24. The highest BCUT2D eigenvalue weighted by molar-refractivity contribution is 7.47. The van der Waals surface area contributed by atoms with Crippen molar-refractivity contribution in [3.05, 3.63) is 0 Å². The third kappa shape index (κ3) is 62.8. The van der Waals surface area contributed by atoms with Gasteiger partial charge in [0.2, 0.25) is 0 Å². The molecule has 0 bridgehead atoms. The van der Waals surface area contributed by atoms with Crippen molar-refractivity contribution >= 4 is 39.5 Å². The normalized spacial score (nSPS) is 14.2. The maximum Gasteiger partial charge on any atom is 0.472 e. The fourth-order valence-corrected chi connectivity index (χ4v) is 12.0. The first-order valence-corrected chi connectivity index (χ1v) is 39.0. The van der Waals surface area contributed by atoms with Gasteiger partial charge in [-0.15, -0.1) is 0 Å². The van der Waals surface area contributed by atoms with Crippen molar-refractivity contribution in [3.8, 4) is 0 Å². The van der Waals surface area contributed by atoms with Crippen LogP contribution in [0.1, 0.15) is 350 Å². The van der Waals surface area contributed by atoms with Crippen LogP contribution in [0.15, 0.2) is 0 Å². The second-order valence-electron chi connectivity index (χ2n) is 25.9. The molecule has 0 aliphatic rings. The smallest absolute Gasteiger partial charge is 0.462 e. The number of unbranched alkanes of at least 4 members (excludes halogenated alkanes) is 38. The van der Waals surface area contributed by atoms with E-state index in [1.807, 2.05) is 0 Å². The van der Waals surface area contributed by atoms with Gasteiger partial charge in [-0.1, -0.05) is 298 Å². The number of phosphoric ester groups is 2. The zero-order chi connectivity index (χ0) is 65.0. The van der Waals surface area contributed by atoms with E-state index in [9.17, 15) is 43.2 Å². The molecule has 0 spiro atoms. The van der Waals surface area contributed by atoms with E-state index in [2.05, 4.69) is 41.5 Å². The summed E-state index contributed by atoms with van der Waals surface area (Å²) in [6.45, 7) is 9.49. The van der Waals surface area contributed by atoms with Gasteiger partial charge in [0, 0.05) is 25.7 Å². The summed E-state index contributed by atoms with van der Waals surface area (Å²) in [5, 5.41) is 10.6. The molecule has 2 unspecified atom stereocenters. The lowest BCUT2D eigenvalue weighted by Crippen LogP contribution is -2.30. The SMILES string of the molecule is CCCCCCCCCCCCCCCCCC(=O)O[C@H](COC(=O)CCCCCCCCCCCC(C)C)COP(=O)(O)OC[C@@H](O)COP(=O)(O)OC[C@@H](COC(=O)CCCCCCCCCCC)OC(=O)CCCCCCCCCCCC(C)C. The molecule has 88 heavy (non-hydrogen) atoms. The lowest BCUT2D eigenvalue weighted by Gasteiger charge is -2.21. The second-order valence-corrected chi connectivity index (χ2v) is 28.8. The van der Waals surface area contributed by atoms with Crippen LogP contribution in [0.5, 0.6) is 0 Å². The highest BCUT2D eigenvalue weighted by atomic mass is 31.2. The molecule has 0 fully saturated rings. The summed E-state index contributed by atoms with van der Waals surface area (Å²) in [7, 11) is -9.90. The number of esters is 4. The predicted octanol–water partition coefficient (Wildman–Crippen LogP) is 19.6. The third-order valence-corrected chi connectivity index (χ3v) is 17.9. The van der Waals surface area contributed by atoms with E-state index in [0.717, 1.165) is 102 Å². The van der Waals surface area contributed by atoms with Gasteiger partial charge in [-0.2, -0.15) is 0 Å². The number of aliphatic hydroxyl groups excluding tert-OH is 1. The highest BCUT2D eigenvalue weighted by Gasteiger charge is 2.30. The number of carbonyl (C=O) groups is 4. The van der Waals surface area contributed by atoms with Crippen LogP contribution in [-0.4, -0.2) is 96.7 Å². The Bertz CT molecular complexity index is 1720. The largest absolute Gasteiger partial charge is 0.472 e. The molecule has 5 atom stereocenters. The quantitative estimate of drug-likeness (QED) is 0.0222.